The minimum atomic E-state index is 0.147. The van der Waals surface area contributed by atoms with E-state index in [1.807, 2.05) is 24.3 Å². The summed E-state index contributed by atoms with van der Waals surface area (Å²) in [6.45, 7) is 17.7. The molecule has 5 heteroatoms. The molecule has 1 aromatic heterocycles. The lowest BCUT2D eigenvalue weighted by atomic mass is 9.85. The van der Waals surface area contributed by atoms with Gasteiger partial charge in [-0.1, -0.05) is 64.7 Å². The van der Waals surface area contributed by atoms with Gasteiger partial charge in [-0.3, -0.25) is 9.59 Å². The lowest BCUT2D eigenvalue weighted by Gasteiger charge is -2.35. The molecule has 0 aromatic carbocycles. The number of carbonyl (C=O) groups is 2. The third-order valence-corrected chi connectivity index (χ3v) is 11.3. The van der Waals surface area contributed by atoms with Crippen LogP contribution in [0.5, 0.6) is 0 Å². The van der Waals surface area contributed by atoms with Crippen molar-refractivity contribution in [3.8, 4) is 0 Å². The first-order chi connectivity index (χ1) is 21.3. The fourth-order valence-electron chi connectivity index (χ4n) is 7.25. The predicted octanol–water partition coefficient (Wildman–Crippen LogP) is 11.1. The molecule has 44 heavy (non-hydrogen) atoms. The highest BCUT2D eigenvalue weighted by Gasteiger charge is 2.31. The van der Waals surface area contributed by atoms with Gasteiger partial charge in [0.05, 0.1) is 5.00 Å². The average Bonchev–Trinajstić information content (AvgIpc) is 3.19. The molecule has 0 radical (unpaired) electrons. The summed E-state index contributed by atoms with van der Waals surface area (Å²) in [5, 5.41) is 1.28. The molecule has 0 N–H and O–H groups in total. The van der Waals surface area contributed by atoms with Crippen molar-refractivity contribution in [3.63, 3.8) is 0 Å². The highest BCUT2D eigenvalue weighted by molar-refractivity contribution is 7.17. The molecule has 3 rings (SSSR count). The van der Waals surface area contributed by atoms with E-state index in [-0.39, 0.29) is 17.5 Å². The van der Waals surface area contributed by atoms with E-state index < -0.39 is 0 Å². The van der Waals surface area contributed by atoms with Gasteiger partial charge >= 0.3 is 0 Å². The second-order valence-corrected chi connectivity index (χ2v) is 14.2. The van der Waals surface area contributed by atoms with E-state index in [1.165, 1.54) is 41.1 Å². The number of unbranched alkanes of at least 4 members (excludes halogenated alkanes) is 1. The monoisotopic (exact) mass is 623 g/mol. The molecule has 1 aromatic rings. The maximum absolute atomic E-state index is 14.5. The van der Waals surface area contributed by atoms with Gasteiger partial charge in [-0.25, -0.2) is 0 Å². The molecule has 1 saturated heterocycles. The number of allylic oxidation sites excluding steroid dienone is 6. The first kappa shape index (κ1) is 36.5. The van der Waals surface area contributed by atoms with Crippen LogP contribution in [-0.4, -0.2) is 37.4 Å². The number of ketones is 2. The van der Waals surface area contributed by atoms with Crippen molar-refractivity contribution in [2.45, 2.75) is 144 Å². The Morgan fingerprint density at radius 3 is 2.45 bits per heavy atom. The Morgan fingerprint density at radius 2 is 1.82 bits per heavy atom. The molecule has 246 valence electrons. The molecule has 2 unspecified atom stereocenters. The molecule has 2 aliphatic rings. The van der Waals surface area contributed by atoms with E-state index in [0.29, 0.717) is 25.3 Å². The van der Waals surface area contributed by atoms with Gasteiger partial charge in [0.15, 0.2) is 11.6 Å². The summed E-state index contributed by atoms with van der Waals surface area (Å²) >= 11 is 1.87. The zero-order chi connectivity index (χ0) is 32.1. The zero-order valence-electron chi connectivity index (χ0n) is 29.1. The summed E-state index contributed by atoms with van der Waals surface area (Å²) in [6, 6.07) is 0.457. The molecule has 1 fully saturated rings. The standard InChI is InChI=1S/C39H61NO3S/c1-8-13-19-35(41)34(28(6)15-9-2)26-30(11-4)27-36(42)37-29(7)39(40(12-5)33-22-24-43-25-23-33)44-38(37)32-18-14-17-31(16-10-3)20-21-32/h9,15,18,30-31,33H,8,10-14,16-17,19-27H2,1-7H3. The van der Waals surface area contributed by atoms with Crippen molar-refractivity contribution in [2.75, 3.05) is 24.7 Å². The highest BCUT2D eigenvalue weighted by Crippen LogP contribution is 2.45. The van der Waals surface area contributed by atoms with Gasteiger partial charge in [0, 0.05) is 49.1 Å². The van der Waals surface area contributed by atoms with Crippen LogP contribution < -0.4 is 4.90 Å². The number of anilines is 1. The quantitative estimate of drug-likeness (QED) is 0.0984. The van der Waals surface area contributed by atoms with Gasteiger partial charge in [0.2, 0.25) is 0 Å². The predicted molar refractivity (Wildman–Crippen MR) is 190 cm³/mol. The normalized spacial score (nSPS) is 19.4. The van der Waals surface area contributed by atoms with Crippen molar-refractivity contribution in [1.82, 2.24) is 0 Å². The SMILES string of the molecule is CC=CC(C)=C(CC(CC)CC(=O)c1c(C2=CCCC(CCC)CC2)sc(N(CC)C2CCOCC2)c1C)C(=O)CCCC. The Balaban J connectivity index is 1.98. The summed E-state index contributed by atoms with van der Waals surface area (Å²) < 4.78 is 5.71. The minimum Gasteiger partial charge on any atom is -0.381 e. The summed E-state index contributed by atoms with van der Waals surface area (Å²) in [5.74, 6) is 1.44. The van der Waals surface area contributed by atoms with E-state index in [4.69, 9.17) is 4.74 Å². The minimum absolute atomic E-state index is 0.147. The van der Waals surface area contributed by atoms with Crippen molar-refractivity contribution in [3.05, 3.63) is 45.4 Å². The summed E-state index contributed by atoms with van der Waals surface area (Å²) in [4.78, 5) is 31.6. The number of hydrogen-bond acceptors (Lipinski definition) is 5. The Hall–Kier alpha value is -1.98. The van der Waals surface area contributed by atoms with E-state index in [0.717, 1.165) is 92.9 Å². The maximum Gasteiger partial charge on any atom is 0.164 e. The summed E-state index contributed by atoms with van der Waals surface area (Å²) in [7, 11) is 0. The number of thiophene rings is 1. The van der Waals surface area contributed by atoms with E-state index in [9.17, 15) is 9.59 Å². The fourth-order valence-corrected chi connectivity index (χ4v) is 8.78. The Bertz CT molecular complexity index is 1170. The molecule has 0 amide bonds. The van der Waals surface area contributed by atoms with Crippen LogP contribution in [0.4, 0.5) is 5.00 Å². The van der Waals surface area contributed by atoms with Crippen LogP contribution >= 0.6 is 11.3 Å². The molecule has 2 heterocycles. The highest BCUT2D eigenvalue weighted by atomic mass is 32.1. The molecular weight excluding hydrogens is 563 g/mol. The average molecular weight is 624 g/mol. The number of ether oxygens (including phenoxy) is 1. The second-order valence-electron chi connectivity index (χ2n) is 13.2. The molecule has 1 aliphatic carbocycles. The summed E-state index contributed by atoms with van der Waals surface area (Å²) in [6.07, 6.45) is 20.3. The first-order valence-corrected chi connectivity index (χ1v) is 18.7. The lowest BCUT2D eigenvalue weighted by Crippen LogP contribution is -2.39. The summed E-state index contributed by atoms with van der Waals surface area (Å²) in [5.41, 5.74) is 5.48. The van der Waals surface area contributed by atoms with Gasteiger partial charge in [0.25, 0.3) is 0 Å². The first-order valence-electron chi connectivity index (χ1n) is 17.8. The number of carbonyl (C=O) groups excluding carboxylic acids is 2. The Labute approximate surface area is 273 Å². The zero-order valence-corrected chi connectivity index (χ0v) is 29.9. The molecule has 2 atom stereocenters. The van der Waals surface area contributed by atoms with Crippen molar-refractivity contribution >= 4 is 33.5 Å². The van der Waals surface area contributed by atoms with E-state index in [1.54, 1.807) is 0 Å². The van der Waals surface area contributed by atoms with Gasteiger partial charge in [-0.15, -0.1) is 11.3 Å². The van der Waals surface area contributed by atoms with Crippen LogP contribution in [0.3, 0.4) is 0 Å². The topological polar surface area (TPSA) is 46.6 Å². The molecule has 4 nitrogen and oxygen atoms in total. The Kier molecular flexibility index (Phi) is 15.6. The molecule has 1 aliphatic heterocycles. The van der Waals surface area contributed by atoms with Crippen molar-refractivity contribution in [1.29, 1.82) is 0 Å². The van der Waals surface area contributed by atoms with Gasteiger partial charge < -0.3 is 9.64 Å². The number of rotatable bonds is 17. The van der Waals surface area contributed by atoms with Crippen molar-refractivity contribution < 1.29 is 14.3 Å². The fraction of sp³-hybridized carbons (Fsp3) is 0.692. The molecular formula is C39H61NO3S. The van der Waals surface area contributed by atoms with Crippen LogP contribution in [0.25, 0.3) is 5.57 Å². The van der Waals surface area contributed by atoms with Crippen LogP contribution in [0.2, 0.25) is 0 Å². The van der Waals surface area contributed by atoms with Crippen LogP contribution in [0.1, 0.15) is 152 Å². The third kappa shape index (κ3) is 9.76. The third-order valence-electron chi connectivity index (χ3n) is 9.94. The van der Waals surface area contributed by atoms with Gasteiger partial charge in [0.1, 0.15) is 0 Å². The number of Topliss-reactive ketones (excluding diaryl/α,β-unsaturated/α-hetero) is 2. The van der Waals surface area contributed by atoms with Crippen molar-refractivity contribution in [2.24, 2.45) is 11.8 Å². The molecule has 0 spiro atoms. The van der Waals surface area contributed by atoms with Crippen LogP contribution in [-0.2, 0) is 9.53 Å². The number of nitrogens with zero attached hydrogens (tertiary/aromatic N) is 1. The van der Waals surface area contributed by atoms with E-state index in [2.05, 4.69) is 58.6 Å². The second kappa shape index (κ2) is 18.9. The van der Waals surface area contributed by atoms with Crippen LogP contribution in [0, 0.1) is 18.8 Å². The largest absolute Gasteiger partial charge is 0.381 e. The number of hydrogen-bond donors (Lipinski definition) is 0. The van der Waals surface area contributed by atoms with Crippen LogP contribution in [0.15, 0.2) is 29.4 Å². The van der Waals surface area contributed by atoms with Gasteiger partial charge in [-0.2, -0.15) is 0 Å². The smallest absolute Gasteiger partial charge is 0.164 e. The maximum atomic E-state index is 14.5. The lowest BCUT2D eigenvalue weighted by molar-refractivity contribution is -0.116. The molecule has 0 bridgehead atoms. The van der Waals surface area contributed by atoms with E-state index >= 15 is 0 Å². The molecule has 0 saturated carbocycles. The Morgan fingerprint density at radius 1 is 1.07 bits per heavy atom. The van der Waals surface area contributed by atoms with Gasteiger partial charge in [-0.05, 0) is 113 Å².